The van der Waals surface area contributed by atoms with E-state index in [4.69, 9.17) is 10.5 Å². The molecule has 0 radical (unpaired) electrons. The number of para-hydroxylation sites is 1. The average molecular weight is 502 g/mol. The predicted octanol–water partition coefficient (Wildman–Crippen LogP) is 4.56. The van der Waals surface area contributed by atoms with E-state index in [-0.39, 0.29) is 24.0 Å². The lowest BCUT2D eigenvalue weighted by Gasteiger charge is -2.35. The van der Waals surface area contributed by atoms with Crippen LogP contribution in [-0.4, -0.2) is 34.3 Å². The number of carbonyl (C=O) groups is 2. The van der Waals surface area contributed by atoms with E-state index in [0.717, 1.165) is 52.5 Å². The summed E-state index contributed by atoms with van der Waals surface area (Å²) in [6.07, 6.45) is 4.28. The van der Waals surface area contributed by atoms with Crippen LogP contribution in [0.3, 0.4) is 0 Å². The zero-order chi connectivity index (χ0) is 24.8. The number of thioether (sulfide) groups is 1. The van der Waals surface area contributed by atoms with Gasteiger partial charge in [-0.1, -0.05) is 30.0 Å². The fourth-order valence-electron chi connectivity index (χ4n) is 5.26. The van der Waals surface area contributed by atoms with Gasteiger partial charge >= 0.3 is 6.03 Å². The maximum Gasteiger partial charge on any atom is 0.327 e. The highest BCUT2D eigenvalue weighted by Gasteiger charge is 2.47. The molecule has 0 spiro atoms. The van der Waals surface area contributed by atoms with Crippen molar-refractivity contribution in [3.8, 4) is 11.5 Å². The molecule has 3 amide bonds. The number of hydrogen-bond donors (Lipinski definition) is 3. The van der Waals surface area contributed by atoms with Crippen molar-refractivity contribution >= 4 is 35.1 Å². The smallest absolute Gasteiger partial charge is 0.327 e. The van der Waals surface area contributed by atoms with Gasteiger partial charge in [0, 0.05) is 23.8 Å². The van der Waals surface area contributed by atoms with E-state index in [9.17, 15) is 9.59 Å². The third-order valence-corrected chi connectivity index (χ3v) is 8.26. The van der Waals surface area contributed by atoms with Crippen LogP contribution in [0.15, 0.2) is 65.8 Å². The van der Waals surface area contributed by atoms with Crippen LogP contribution in [0.1, 0.15) is 36.4 Å². The molecule has 1 fully saturated rings. The summed E-state index contributed by atoms with van der Waals surface area (Å²) < 4.78 is 5.96. The van der Waals surface area contributed by atoms with Crippen LogP contribution in [0.4, 0.5) is 16.2 Å². The van der Waals surface area contributed by atoms with E-state index in [1.807, 2.05) is 61.5 Å². The van der Waals surface area contributed by atoms with Crippen molar-refractivity contribution in [2.45, 2.75) is 54.6 Å². The molecular weight excluding hydrogens is 474 g/mol. The Balaban J connectivity index is 1.27. The topological polar surface area (TPSA) is 110 Å². The lowest BCUT2D eigenvalue weighted by molar-refractivity contribution is -0.121. The van der Waals surface area contributed by atoms with Crippen LogP contribution in [0.25, 0.3) is 0 Å². The van der Waals surface area contributed by atoms with Gasteiger partial charge in [-0.25, -0.2) is 9.78 Å². The van der Waals surface area contributed by atoms with Crippen LogP contribution < -0.4 is 26.0 Å². The van der Waals surface area contributed by atoms with Gasteiger partial charge in [-0.15, -0.1) is 0 Å². The van der Waals surface area contributed by atoms with Gasteiger partial charge in [0.1, 0.15) is 21.8 Å². The summed E-state index contributed by atoms with van der Waals surface area (Å²) in [6, 6.07) is 16.6. The van der Waals surface area contributed by atoms with Crippen molar-refractivity contribution in [2.24, 2.45) is 5.73 Å². The number of nitrogens with one attached hydrogen (secondary N) is 2. The number of amides is 3. The Morgan fingerprint density at radius 2 is 1.97 bits per heavy atom. The summed E-state index contributed by atoms with van der Waals surface area (Å²) in [5.74, 6) is 1.35. The van der Waals surface area contributed by atoms with Crippen LogP contribution >= 0.6 is 11.8 Å². The van der Waals surface area contributed by atoms with Gasteiger partial charge in [-0.05, 0) is 68.1 Å². The Kier molecular flexibility index (Phi) is 5.81. The van der Waals surface area contributed by atoms with E-state index in [2.05, 4.69) is 15.6 Å². The van der Waals surface area contributed by atoms with Gasteiger partial charge in [0.2, 0.25) is 5.91 Å². The highest BCUT2D eigenvalue weighted by atomic mass is 32.2. The summed E-state index contributed by atoms with van der Waals surface area (Å²) in [7, 11) is 0. The molecule has 1 saturated carbocycles. The molecule has 184 valence electrons. The molecule has 0 bridgehead atoms. The van der Waals surface area contributed by atoms with Crippen LogP contribution in [0, 0.1) is 6.92 Å². The monoisotopic (exact) mass is 501 g/mol. The first-order chi connectivity index (χ1) is 17.5. The number of ether oxygens (including phenoxy) is 1. The van der Waals surface area contributed by atoms with Crippen LogP contribution in [0.5, 0.6) is 11.5 Å². The van der Waals surface area contributed by atoms with E-state index in [0.29, 0.717) is 5.75 Å². The SMILES string of the molecule is Cc1cc(Oc2ccccc2)ccc1N1C(=O)NC2c3c1ccnc3SC2C(=O)N[C@@H]1CC[C@@H](N)C1. The number of urea groups is 1. The largest absolute Gasteiger partial charge is 0.457 e. The van der Waals surface area contributed by atoms with Crippen molar-refractivity contribution < 1.29 is 14.3 Å². The fourth-order valence-corrected chi connectivity index (χ4v) is 6.50. The maximum atomic E-state index is 13.4. The third-order valence-electron chi connectivity index (χ3n) is 6.97. The number of aryl methyl sites for hydroxylation is 1. The molecular formula is C27H27N5O3S. The molecule has 3 heterocycles. The van der Waals surface area contributed by atoms with E-state index in [1.54, 1.807) is 11.1 Å². The summed E-state index contributed by atoms with van der Waals surface area (Å²) in [5.41, 5.74) is 9.29. The fraction of sp³-hybridized carbons (Fsp3) is 0.296. The summed E-state index contributed by atoms with van der Waals surface area (Å²) >= 11 is 1.41. The molecule has 2 unspecified atom stereocenters. The molecule has 2 aliphatic heterocycles. The van der Waals surface area contributed by atoms with Crippen molar-refractivity contribution in [2.75, 3.05) is 4.90 Å². The molecule has 9 heteroatoms. The number of carbonyl (C=O) groups excluding carboxylic acids is 2. The molecule has 8 nitrogen and oxygen atoms in total. The average Bonchev–Trinajstić information content (AvgIpc) is 3.44. The van der Waals surface area contributed by atoms with Gasteiger partial charge in [-0.2, -0.15) is 0 Å². The normalized spacial score (nSPS) is 24.3. The Labute approximate surface area is 213 Å². The first-order valence-corrected chi connectivity index (χ1v) is 13.0. The van der Waals surface area contributed by atoms with Crippen LogP contribution in [0.2, 0.25) is 0 Å². The van der Waals surface area contributed by atoms with Gasteiger partial charge < -0.3 is 21.1 Å². The number of benzene rings is 2. The Morgan fingerprint density at radius 3 is 2.72 bits per heavy atom. The number of nitrogens with two attached hydrogens (primary N) is 1. The molecule has 3 aliphatic rings. The minimum Gasteiger partial charge on any atom is -0.457 e. The number of rotatable bonds is 5. The molecule has 0 saturated heterocycles. The quantitative estimate of drug-likeness (QED) is 0.473. The maximum absolute atomic E-state index is 13.4. The summed E-state index contributed by atoms with van der Waals surface area (Å²) in [6.45, 7) is 1.95. The number of hydrogen-bond acceptors (Lipinski definition) is 6. The second-order valence-electron chi connectivity index (χ2n) is 9.49. The highest BCUT2D eigenvalue weighted by molar-refractivity contribution is 8.01. The van der Waals surface area contributed by atoms with E-state index < -0.39 is 11.3 Å². The Bertz CT molecular complexity index is 1330. The highest BCUT2D eigenvalue weighted by Crippen LogP contribution is 2.51. The van der Waals surface area contributed by atoms with Crippen molar-refractivity contribution in [3.63, 3.8) is 0 Å². The number of aromatic nitrogens is 1. The minimum absolute atomic E-state index is 0.0827. The lowest BCUT2D eigenvalue weighted by atomic mass is 9.99. The van der Waals surface area contributed by atoms with Gasteiger partial charge in [-0.3, -0.25) is 9.69 Å². The molecule has 6 rings (SSSR count). The van der Waals surface area contributed by atoms with Crippen molar-refractivity contribution in [1.82, 2.24) is 15.6 Å². The van der Waals surface area contributed by atoms with E-state index >= 15 is 0 Å². The second kappa shape index (κ2) is 9.15. The van der Waals surface area contributed by atoms with Gasteiger partial charge in [0.25, 0.3) is 0 Å². The summed E-state index contributed by atoms with van der Waals surface area (Å²) in [4.78, 5) is 32.8. The molecule has 1 aliphatic carbocycles. The first-order valence-electron chi connectivity index (χ1n) is 12.1. The number of pyridine rings is 1. The molecule has 36 heavy (non-hydrogen) atoms. The number of nitrogens with zero attached hydrogens (tertiary/aromatic N) is 2. The summed E-state index contributed by atoms with van der Waals surface area (Å²) in [5, 5.41) is 6.52. The second-order valence-corrected chi connectivity index (χ2v) is 10.6. The third kappa shape index (κ3) is 4.08. The lowest BCUT2D eigenvalue weighted by Crippen LogP contribution is -2.50. The minimum atomic E-state index is -0.473. The Hall–Kier alpha value is -3.56. The molecule has 4 N–H and O–H groups in total. The standard InChI is InChI=1S/C27H27N5O3S/c1-15-13-19(35-18-5-3-2-4-6-18)9-10-20(15)32-21-11-12-29-26-22(21)23(31-27(32)34)24(36-26)25(33)30-17-8-7-16(28)14-17/h2-6,9-13,16-17,23-24H,7-8,14,28H2,1H3,(H,30,33)(H,31,34)/t16-,17-,23?,24?/m1/s1. The number of anilines is 2. The zero-order valence-corrected chi connectivity index (χ0v) is 20.6. The van der Waals surface area contributed by atoms with Crippen LogP contribution in [-0.2, 0) is 4.79 Å². The predicted molar refractivity (Wildman–Crippen MR) is 139 cm³/mol. The first kappa shape index (κ1) is 22.9. The molecule has 4 atom stereocenters. The van der Waals surface area contributed by atoms with Crippen molar-refractivity contribution in [3.05, 3.63) is 71.9 Å². The van der Waals surface area contributed by atoms with E-state index in [1.165, 1.54) is 11.8 Å². The molecule has 1 aromatic heterocycles. The van der Waals surface area contributed by atoms with Crippen molar-refractivity contribution in [1.29, 1.82) is 0 Å². The Morgan fingerprint density at radius 1 is 1.14 bits per heavy atom. The van der Waals surface area contributed by atoms with Gasteiger partial charge in [0.15, 0.2) is 0 Å². The molecule has 3 aromatic rings. The molecule has 2 aromatic carbocycles. The van der Waals surface area contributed by atoms with Gasteiger partial charge in [0.05, 0.1) is 17.4 Å². The zero-order valence-electron chi connectivity index (χ0n) is 19.8.